The molecule has 1 aromatic carbocycles. The Bertz CT molecular complexity index is 475. The van der Waals surface area contributed by atoms with Crippen LogP contribution >= 0.6 is 0 Å². The Kier molecular flexibility index (Phi) is 7.44. The molecule has 21 heavy (non-hydrogen) atoms. The first-order chi connectivity index (χ1) is 10.1. The number of carbonyl (C=O) groups is 1. The second kappa shape index (κ2) is 9.11. The molecule has 0 saturated carbocycles. The van der Waals surface area contributed by atoms with E-state index in [9.17, 15) is 4.79 Å². The Morgan fingerprint density at radius 1 is 1.33 bits per heavy atom. The number of nitrogens with one attached hydrogen (secondary N) is 1. The first-order valence-corrected chi connectivity index (χ1v) is 7.29. The molecule has 114 valence electrons. The summed E-state index contributed by atoms with van der Waals surface area (Å²) in [5.41, 5.74) is 1.24. The Morgan fingerprint density at radius 2 is 1.95 bits per heavy atom. The molecule has 0 bridgehead atoms. The van der Waals surface area contributed by atoms with Gasteiger partial charge in [0.2, 0.25) is 5.91 Å². The Morgan fingerprint density at radius 3 is 2.43 bits per heavy atom. The summed E-state index contributed by atoms with van der Waals surface area (Å²) >= 11 is 0. The predicted octanol–water partition coefficient (Wildman–Crippen LogP) is 1.98. The van der Waals surface area contributed by atoms with Gasteiger partial charge in [-0.05, 0) is 37.1 Å². The molecule has 0 aliphatic carbocycles. The average Bonchev–Trinajstić information content (AvgIpc) is 2.49. The van der Waals surface area contributed by atoms with Gasteiger partial charge < -0.3 is 10.4 Å². The number of aliphatic hydroxyl groups excluding tert-OH is 1. The van der Waals surface area contributed by atoms with Gasteiger partial charge in [0.05, 0.1) is 24.8 Å². The Hall–Kier alpha value is -1.90. The molecule has 1 amide bonds. The Labute approximate surface area is 126 Å². The van der Waals surface area contributed by atoms with E-state index in [1.54, 1.807) is 24.3 Å². The zero-order chi connectivity index (χ0) is 15.7. The average molecular weight is 289 g/mol. The first kappa shape index (κ1) is 17.2. The van der Waals surface area contributed by atoms with Gasteiger partial charge in [0.25, 0.3) is 0 Å². The molecule has 0 atom stereocenters. The van der Waals surface area contributed by atoms with Gasteiger partial charge in [-0.25, -0.2) is 0 Å². The number of amides is 1. The van der Waals surface area contributed by atoms with Crippen LogP contribution in [0.25, 0.3) is 0 Å². The van der Waals surface area contributed by atoms with Crippen molar-refractivity contribution in [1.29, 1.82) is 5.26 Å². The van der Waals surface area contributed by atoms with Crippen molar-refractivity contribution in [2.75, 3.05) is 25.0 Å². The summed E-state index contributed by atoms with van der Waals surface area (Å²) in [5.74, 6) is -0.111. The molecule has 0 fully saturated rings. The van der Waals surface area contributed by atoms with Crippen LogP contribution in [0.1, 0.15) is 32.3 Å². The second-order valence-corrected chi connectivity index (χ2v) is 4.90. The van der Waals surface area contributed by atoms with Crippen molar-refractivity contribution in [2.24, 2.45) is 0 Å². The fourth-order valence-corrected chi connectivity index (χ4v) is 2.34. The number of benzene rings is 1. The van der Waals surface area contributed by atoms with Gasteiger partial charge in [-0.2, -0.15) is 5.26 Å². The number of nitrogens with zero attached hydrogens (tertiary/aromatic N) is 2. The van der Waals surface area contributed by atoms with E-state index in [0.717, 1.165) is 12.8 Å². The zero-order valence-corrected chi connectivity index (χ0v) is 12.7. The minimum absolute atomic E-state index is 0.0423. The summed E-state index contributed by atoms with van der Waals surface area (Å²) in [6, 6.07) is 9.09. The maximum atomic E-state index is 12.1. The molecule has 2 N–H and O–H groups in total. The van der Waals surface area contributed by atoms with Gasteiger partial charge in [-0.15, -0.1) is 0 Å². The lowest BCUT2D eigenvalue weighted by molar-refractivity contribution is -0.118. The number of nitriles is 1. The van der Waals surface area contributed by atoms with Crippen molar-refractivity contribution < 1.29 is 9.90 Å². The van der Waals surface area contributed by atoms with E-state index in [-0.39, 0.29) is 19.1 Å². The monoisotopic (exact) mass is 289 g/mol. The van der Waals surface area contributed by atoms with Gasteiger partial charge in [-0.1, -0.05) is 13.8 Å². The zero-order valence-electron chi connectivity index (χ0n) is 12.7. The van der Waals surface area contributed by atoms with Crippen LogP contribution in [-0.4, -0.2) is 41.7 Å². The third kappa shape index (κ3) is 5.54. The molecule has 1 aromatic rings. The summed E-state index contributed by atoms with van der Waals surface area (Å²) < 4.78 is 0. The van der Waals surface area contributed by atoms with E-state index in [4.69, 9.17) is 10.4 Å². The molecule has 5 heteroatoms. The lowest BCUT2D eigenvalue weighted by atomic mass is 10.1. The van der Waals surface area contributed by atoms with Crippen LogP contribution in [0.3, 0.4) is 0 Å². The first-order valence-electron chi connectivity index (χ1n) is 7.29. The maximum Gasteiger partial charge on any atom is 0.238 e. The van der Waals surface area contributed by atoms with E-state index >= 15 is 0 Å². The van der Waals surface area contributed by atoms with Crippen LogP contribution in [0.15, 0.2) is 24.3 Å². The van der Waals surface area contributed by atoms with Crippen LogP contribution in [-0.2, 0) is 4.79 Å². The molecule has 0 unspecified atom stereocenters. The van der Waals surface area contributed by atoms with Crippen LogP contribution in [0.5, 0.6) is 0 Å². The van der Waals surface area contributed by atoms with Crippen LogP contribution in [0.2, 0.25) is 0 Å². The minimum Gasteiger partial charge on any atom is -0.395 e. The van der Waals surface area contributed by atoms with Gasteiger partial charge in [0, 0.05) is 18.3 Å². The topological polar surface area (TPSA) is 76.4 Å². The van der Waals surface area contributed by atoms with Gasteiger partial charge >= 0.3 is 0 Å². The number of anilines is 1. The van der Waals surface area contributed by atoms with E-state index in [0.29, 0.717) is 23.8 Å². The maximum absolute atomic E-state index is 12.1. The lowest BCUT2D eigenvalue weighted by Crippen LogP contribution is -2.42. The fraction of sp³-hybridized carbons (Fsp3) is 0.500. The summed E-state index contributed by atoms with van der Waals surface area (Å²) in [7, 11) is 0. The highest BCUT2D eigenvalue weighted by molar-refractivity contribution is 5.92. The van der Waals surface area contributed by atoms with Crippen molar-refractivity contribution in [2.45, 2.75) is 32.7 Å². The summed E-state index contributed by atoms with van der Waals surface area (Å²) in [6.07, 6.45) is 1.89. The van der Waals surface area contributed by atoms with Crippen molar-refractivity contribution >= 4 is 11.6 Å². The summed E-state index contributed by atoms with van der Waals surface area (Å²) in [6.45, 7) is 4.95. The molecular formula is C16H23N3O2. The molecule has 0 spiro atoms. The SMILES string of the molecule is CCC(CC)N(CCO)CC(=O)Nc1ccc(C#N)cc1. The Balaban J connectivity index is 2.62. The fourth-order valence-electron chi connectivity index (χ4n) is 2.34. The van der Waals surface area contributed by atoms with Crippen LogP contribution in [0.4, 0.5) is 5.69 Å². The molecule has 0 aliphatic rings. The number of hydrogen-bond donors (Lipinski definition) is 2. The highest BCUT2D eigenvalue weighted by atomic mass is 16.3. The largest absolute Gasteiger partial charge is 0.395 e. The van der Waals surface area contributed by atoms with E-state index in [1.807, 2.05) is 11.0 Å². The second-order valence-electron chi connectivity index (χ2n) is 4.90. The van der Waals surface area contributed by atoms with Gasteiger partial charge in [0.15, 0.2) is 0 Å². The molecule has 0 saturated heterocycles. The molecule has 0 heterocycles. The van der Waals surface area contributed by atoms with Crippen molar-refractivity contribution in [3.8, 4) is 6.07 Å². The third-order valence-electron chi connectivity index (χ3n) is 3.49. The quantitative estimate of drug-likeness (QED) is 0.767. The highest BCUT2D eigenvalue weighted by Gasteiger charge is 2.17. The van der Waals surface area contributed by atoms with E-state index in [2.05, 4.69) is 19.2 Å². The molecule has 1 rings (SSSR count). The number of aliphatic hydroxyl groups is 1. The summed E-state index contributed by atoms with van der Waals surface area (Å²) in [4.78, 5) is 14.1. The lowest BCUT2D eigenvalue weighted by Gasteiger charge is -2.29. The molecule has 0 aromatic heterocycles. The minimum atomic E-state index is -0.111. The molecule has 0 aliphatic heterocycles. The standard InChI is InChI=1S/C16H23N3O2/c1-3-15(4-2)19(9-10-20)12-16(21)18-14-7-5-13(11-17)6-8-14/h5-8,15,20H,3-4,9-10,12H2,1-2H3,(H,18,21). The summed E-state index contributed by atoms with van der Waals surface area (Å²) in [5, 5.41) is 20.7. The molecule has 0 radical (unpaired) electrons. The smallest absolute Gasteiger partial charge is 0.238 e. The van der Waals surface area contributed by atoms with Crippen molar-refractivity contribution in [1.82, 2.24) is 4.90 Å². The number of hydrogen-bond acceptors (Lipinski definition) is 4. The predicted molar refractivity (Wildman–Crippen MR) is 82.8 cm³/mol. The third-order valence-corrected chi connectivity index (χ3v) is 3.49. The normalized spacial score (nSPS) is 10.7. The van der Waals surface area contributed by atoms with E-state index < -0.39 is 0 Å². The van der Waals surface area contributed by atoms with Gasteiger partial charge in [-0.3, -0.25) is 9.69 Å². The van der Waals surface area contributed by atoms with Crippen LogP contribution < -0.4 is 5.32 Å². The van der Waals surface area contributed by atoms with Crippen LogP contribution in [0, 0.1) is 11.3 Å². The number of carbonyl (C=O) groups excluding carboxylic acids is 1. The van der Waals surface area contributed by atoms with E-state index in [1.165, 1.54) is 0 Å². The molecular weight excluding hydrogens is 266 g/mol. The number of rotatable bonds is 8. The molecule has 5 nitrogen and oxygen atoms in total. The highest BCUT2D eigenvalue weighted by Crippen LogP contribution is 2.11. The van der Waals surface area contributed by atoms with Crippen molar-refractivity contribution in [3.05, 3.63) is 29.8 Å². The van der Waals surface area contributed by atoms with Gasteiger partial charge in [0.1, 0.15) is 0 Å². The van der Waals surface area contributed by atoms with Crippen molar-refractivity contribution in [3.63, 3.8) is 0 Å².